The van der Waals surface area contributed by atoms with Gasteiger partial charge < -0.3 is 9.88 Å². The van der Waals surface area contributed by atoms with Crippen molar-refractivity contribution in [3.8, 4) is 0 Å². The minimum absolute atomic E-state index is 0.0609. The quantitative estimate of drug-likeness (QED) is 0.838. The Morgan fingerprint density at radius 3 is 2.26 bits per heavy atom. The largest absolute Gasteiger partial charge is 0.350 e. The second-order valence-corrected chi connectivity index (χ2v) is 8.21. The first kappa shape index (κ1) is 18.3. The number of hydrogen-bond donors (Lipinski definition) is 1. The van der Waals surface area contributed by atoms with Crippen LogP contribution in [0, 0.1) is 0 Å². The van der Waals surface area contributed by atoms with Gasteiger partial charge in [-0.1, -0.05) is 31.4 Å². The Morgan fingerprint density at radius 1 is 0.926 bits per heavy atom. The lowest BCUT2D eigenvalue weighted by atomic mass is 9.92. The SMILES string of the molecule is O=C(NCC1(N2CCCCC2)CCCC1)c1ccc(Cn2cccc2)cc1. The van der Waals surface area contributed by atoms with Crippen LogP contribution in [0.15, 0.2) is 48.8 Å². The minimum Gasteiger partial charge on any atom is -0.350 e. The van der Waals surface area contributed by atoms with E-state index in [4.69, 9.17) is 0 Å². The normalized spacial score (nSPS) is 19.9. The van der Waals surface area contributed by atoms with Gasteiger partial charge in [0.25, 0.3) is 5.91 Å². The molecular weight excluding hydrogens is 334 g/mol. The highest BCUT2D eigenvalue weighted by molar-refractivity contribution is 5.94. The predicted octanol–water partition coefficient (Wildman–Crippen LogP) is 4.06. The minimum atomic E-state index is 0.0609. The second kappa shape index (κ2) is 8.30. The number of aromatic nitrogens is 1. The number of nitrogens with zero attached hydrogens (tertiary/aromatic N) is 2. The summed E-state index contributed by atoms with van der Waals surface area (Å²) in [4.78, 5) is 15.4. The summed E-state index contributed by atoms with van der Waals surface area (Å²) in [6, 6.07) is 12.1. The molecule has 4 rings (SSSR count). The van der Waals surface area contributed by atoms with E-state index in [2.05, 4.69) is 39.3 Å². The van der Waals surface area contributed by atoms with E-state index in [1.165, 1.54) is 63.6 Å². The Balaban J connectivity index is 1.36. The molecule has 1 aromatic heterocycles. The highest BCUT2D eigenvalue weighted by Crippen LogP contribution is 2.36. The van der Waals surface area contributed by atoms with Crippen LogP contribution in [0.1, 0.15) is 60.9 Å². The van der Waals surface area contributed by atoms with E-state index in [9.17, 15) is 4.79 Å². The number of likely N-dealkylation sites (tertiary alicyclic amines) is 1. The van der Waals surface area contributed by atoms with E-state index in [0.717, 1.165) is 18.7 Å². The van der Waals surface area contributed by atoms with Crippen molar-refractivity contribution in [1.29, 1.82) is 0 Å². The monoisotopic (exact) mass is 365 g/mol. The fourth-order valence-electron chi connectivity index (χ4n) is 4.80. The summed E-state index contributed by atoms with van der Waals surface area (Å²) in [5.74, 6) is 0.0609. The molecule has 2 fully saturated rings. The Kier molecular flexibility index (Phi) is 5.63. The van der Waals surface area contributed by atoms with Gasteiger partial charge in [0.2, 0.25) is 0 Å². The molecule has 0 atom stereocenters. The number of carbonyl (C=O) groups is 1. The van der Waals surface area contributed by atoms with Gasteiger partial charge in [-0.15, -0.1) is 0 Å². The van der Waals surface area contributed by atoms with Crippen molar-refractivity contribution in [2.45, 2.75) is 57.0 Å². The van der Waals surface area contributed by atoms with Crippen molar-refractivity contribution in [3.63, 3.8) is 0 Å². The molecular formula is C23H31N3O. The molecule has 1 saturated carbocycles. The molecule has 1 aliphatic carbocycles. The Labute approximate surface area is 162 Å². The number of benzene rings is 1. The summed E-state index contributed by atoms with van der Waals surface area (Å²) in [5, 5.41) is 3.26. The van der Waals surface area contributed by atoms with Crippen LogP contribution < -0.4 is 5.32 Å². The molecule has 0 radical (unpaired) electrons. The smallest absolute Gasteiger partial charge is 0.251 e. The zero-order valence-electron chi connectivity index (χ0n) is 16.2. The summed E-state index contributed by atoms with van der Waals surface area (Å²) in [6.45, 7) is 4.03. The number of carbonyl (C=O) groups excluding carboxylic acids is 1. The molecule has 0 spiro atoms. The Morgan fingerprint density at radius 2 is 1.59 bits per heavy atom. The second-order valence-electron chi connectivity index (χ2n) is 8.21. The number of amides is 1. The number of piperidine rings is 1. The van der Waals surface area contributed by atoms with E-state index in [1.54, 1.807) is 0 Å². The molecule has 0 bridgehead atoms. The van der Waals surface area contributed by atoms with Crippen LogP contribution in [-0.2, 0) is 6.54 Å². The van der Waals surface area contributed by atoms with Crippen molar-refractivity contribution in [1.82, 2.24) is 14.8 Å². The van der Waals surface area contributed by atoms with Gasteiger partial charge in [-0.3, -0.25) is 9.69 Å². The lowest BCUT2D eigenvalue weighted by molar-refractivity contribution is 0.0642. The van der Waals surface area contributed by atoms with Crippen LogP contribution in [0.2, 0.25) is 0 Å². The molecule has 1 N–H and O–H groups in total. The van der Waals surface area contributed by atoms with Crippen LogP contribution in [0.4, 0.5) is 0 Å². The van der Waals surface area contributed by atoms with Gasteiger partial charge in [0, 0.05) is 36.6 Å². The van der Waals surface area contributed by atoms with Gasteiger partial charge in [-0.05, 0) is 68.6 Å². The zero-order chi connectivity index (χ0) is 18.5. The Bertz CT molecular complexity index is 723. The third kappa shape index (κ3) is 4.27. The molecule has 1 aliphatic heterocycles. The molecule has 2 aliphatic rings. The molecule has 1 saturated heterocycles. The van der Waals surface area contributed by atoms with Gasteiger partial charge in [0.1, 0.15) is 0 Å². The summed E-state index contributed by atoms with van der Waals surface area (Å²) in [6.07, 6.45) is 13.1. The maximum absolute atomic E-state index is 12.7. The maximum Gasteiger partial charge on any atom is 0.251 e. The third-order valence-corrected chi connectivity index (χ3v) is 6.39. The fraction of sp³-hybridized carbons (Fsp3) is 0.522. The summed E-state index contributed by atoms with van der Waals surface area (Å²) in [7, 11) is 0. The first-order valence-electron chi connectivity index (χ1n) is 10.5. The van der Waals surface area contributed by atoms with Crippen LogP contribution in [0.25, 0.3) is 0 Å². The van der Waals surface area contributed by atoms with E-state index in [1.807, 2.05) is 24.3 Å². The van der Waals surface area contributed by atoms with E-state index in [0.29, 0.717) is 0 Å². The van der Waals surface area contributed by atoms with Crippen LogP contribution in [-0.4, -0.2) is 40.5 Å². The number of rotatable bonds is 6. The molecule has 2 heterocycles. The molecule has 1 amide bonds. The van der Waals surface area contributed by atoms with Crippen molar-refractivity contribution in [2.24, 2.45) is 0 Å². The number of nitrogens with one attached hydrogen (secondary N) is 1. The average Bonchev–Trinajstić information content (AvgIpc) is 3.40. The first-order valence-corrected chi connectivity index (χ1v) is 10.5. The predicted molar refractivity (Wildman–Crippen MR) is 109 cm³/mol. The highest BCUT2D eigenvalue weighted by Gasteiger charge is 2.40. The lowest BCUT2D eigenvalue weighted by Gasteiger charge is -2.43. The van der Waals surface area contributed by atoms with Gasteiger partial charge in [-0.25, -0.2) is 0 Å². The van der Waals surface area contributed by atoms with Gasteiger partial charge >= 0.3 is 0 Å². The molecule has 2 aromatic rings. The molecule has 144 valence electrons. The van der Waals surface area contributed by atoms with Gasteiger partial charge in [0.05, 0.1) is 0 Å². The molecule has 27 heavy (non-hydrogen) atoms. The van der Waals surface area contributed by atoms with E-state index in [-0.39, 0.29) is 11.4 Å². The summed E-state index contributed by atoms with van der Waals surface area (Å²) < 4.78 is 2.14. The number of hydrogen-bond acceptors (Lipinski definition) is 2. The molecule has 1 aromatic carbocycles. The van der Waals surface area contributed by atoms with Gasteiger partial charge in [0.15, 0.2) is 0 Å². The molecule has 4 nitrogen and oxygen atoms in total. The molecule has 0 unspecified atom stereocenters. The standard InChI is InChI=1S/C23H31N3O/c27-22(21-10-8-20(9-11-21)18-25-14-6-7-15-25)24-19-23(12-2-3-13-23)26-16-4-1-5-17-26/h6-11,14-15H,1-5,12-13,16-19H2,(H,24,27). The maximum atomic E-state index is 12.7. The van der Waals surface area contributed by atoms with Crippen molar-refractivity contribution in [2.75, 3.05) is 19.6 Å². The van der Waals surface area contributed by atoms with Crippen LogP contribution in [0.5, 0.6) is 0 Å². The summed E-state index contributed by atoms with van der Waals surface area (Å²) in [5.41, 5.74) is 2.17. The average molecular weight is 366 g/mol. The van der Waals surface area contributed by atoms with Crippen LogP contribution in [0.3, 0.4) is 0 Å². The van der Waals surface area contributed by atoms with E-state index >= 15 is 0 Å². The third-order valence-electron chi connectivity index (χ3n) is 6.39. The topological polar surface area (TPSA) is 37.3 Å². The van der Waals surface area contributed by atoms with Crippen molar-refractivity contribution < 1.29 is 4.79 Å². The van der Waals surface area contributed by atoms with E-state index < -0.39 is 0 Å². The first-order chi connectivity index (χ1) is 13.3. The van der Waals surface area contributed by atoms with Gasteiger partial charge in [-0.2, -0.15) is 0 Å². The summed E-state index contributed by atoms with van der Waals surface area (Å²) >= 11 is 0. The zero-order valence-corrected chi connectivity index (χ0v) is 16.2. The highest BCUT2D eigenvalue weighted by atomic mass is 16.1. The van der Waals surface area contributed by atoms with Crippen molar-refractivity contribution >= 4 is 5.91 Å². The van der Waals surface area contributed by atoms with Crippen molar-refractivity contribution in [3.05, 3.63) is 59.9 Å². The lowest BCUT2D eigenvalue weighted by Crippen LogP contribution is -2.55. The van der Waals surface area contributed by atoms with Crippen LogP contribution >= 0.6 is 0 Å². The Hall–Kier alpha value is -2.07. The fourth-order valence-corrected chi connectivity index (χ4v) is 4.80. The molecule has 4 heteroatoms.